The monoisotopic (exact) mass is 277 g/mol. The maximum Gasteiger partial charge on any atom is 0.208 e. The van der Waals surface area contributed by atoms with E-state index in [1.54, 1.807) is 11.3 Å². The molecule has 0 radical (unpaired) electrons. The molecule has 0 aliphatic carbocycles. The largest absolute Gasteiger partial charge is 0.348 e. The molecule has 3 heterocycles. The van der Waals surface area contributed by atoms with Crippen molar-refractivity contribution in [3.8, 4) is 0 Å². The Morgan fingerprint density at radius 3 is 3.00 bits per heavy atom. The molecule has 1 N–H and O–H groups in total. The number of aromatic amines is 1. The molecule has 19 heavy (non-hydrogen) atoms. The lowest BCUT2D eigenvalue weighted by Crippen LogP contribution is -2.34. The molecule has 6 heteroatoms. The summed E-state index contributed by atoms with van der Waals surface area (Å²) < 4.78 is 0. The third-order valence-corrected chi connectivity index (χ3v) is 4.81. The molecule has 3 rings (SSSR count). The zero-order valence-electron chi connectivity index (χ0n) is 11.3. The van der Waals surface area contributed by atoms with E-state index in [1.165, 1.54) is 12.8 Å². The van der Waals surface area contributed by atoms with Gasteiger partial charge in [-0.1, -0.05) is 25.2 Å². The summed E-state index contributed by atoms with van der Waals surface area (Å²) in [7, 11) is 0. The van der Waals surface area contributed by atoms with E-state index in [0.717, 1.165) is 29.1 Å². The summed E-state index contributed by atoms with van der Waals surface area (Å²) in [6, 6.07) is 0. The van der Waals surface area contributed by atoms with Crippen LogP contribution >= 0.6 is 11.3 Å². The fourth-order valence-corrected chi connectivity index (χ4v) is 3.34. The molecule has 102 valence electrons. The van der Waals surface area contributed by atoms with Gasteiger partial charge in [0.2, 0.25) is 5.13 Å². The van der Waals surface area contributed by atoms with Crippen LogP contribution in [0.25, 0.3) is 0 Å². The fourth-order valence-electron chi connectivity index (χ4n) is 2.46. The molecular weight excluding hydrogens is 258 g/mol. The molecule has 0 amide bonds. The normalized spacial score (nSPS) is 20.2. The van der Waals surface area contributed by atoms with Gasteiger partial charge in [0.05, 0.1) is 0 Å². The number of imidazole rings is 1. The van der Waals surface area contributed by atoms with Gasteiger partial charge in [0.15, 0.2) is 0 Å². The number of piperidine rings is 1. The number of aromatic nitrogens is 4. The molecule has 0 saturated carbocycles. The van der Waals surface area contributed by atoms with Crippen molar-refractivity contribution in [2.24, 2.45) is 0 Å². The third-order valence-electron chi connectivity index (χ3n) is 3.52. The quantitative estimate of drug-likeness (QED) is 0.937. The second-order valence-corrected chi connectivity index (χ2v) is 6.32. The van der Waals surface area contributed by atoms with Crippen molar-refractivity contribution < 1.29 is 0 Å². The zero-order chi connectivity index (χ0) is 13.2. The summed E-state index contributed by atoms with van der Waals surface area (Å²) in [6.45, 7) is 6.38. The molecule has 1 unspecified atom stereocenters. The van der Waals surface area contributed by atoms with E-state index in [1.807, 2.05) is 12.4 Å². The van der Waals surface area contributed by atoms with Crippen LogP contribution in [0.4, 0.5) is 5.13 Å². The fraction of sp³-hybridized carbons (Fsp3) is 0.615. The molecule has 1 fully saturated rings. The second kappa shape index (κ2) is 5.28. The lowest BCUT2D eigenvalue weighted by Gasteiger charge is -2.31. The van der Waals surface area contributed by atoms with Gasteiger partial charge >= 0.3 is 0 Å². The van der Waals surface area contributed by atoms with Crippen LogP contribution in [0.15, 0.2) is 12.4 Å². The molecule has 1 saturated heterocycles. The highest BCUT2D eigenvalue weighted by molar-refractivity contribution is 7.15. The zero-order valence-corrected chi connectivity index (χ0v) is 12.2. The van der Waals surface area contributed by atoms with E-state index in [4.69, 9.17) is 0 Å². The van der Waals surface area contributed by atoms with Crippen LogP contribution in [0, 0.1) is 0 Å². The molecule has 1 aliphatic heterocycles. The highest BCUT2D eigenvalue weighted by atomic mass is 32.1. The molecular formula is C13H19N5S. The Bertz CT molecular complexity index is 519. The number of hydrogen-bond donors (Lipinski definition) is 1. The molecule has 0 spiro atoms. The minimum absolute atomic E-state index is 0.455. The van der Waals surface area contributed by atoms with Crippen molar-refractivity contribution in [2.45, 2.75) is 38.5 Å². The van der Waals surface area contributed by atoms with Crippen molar-refractivity contribution in [3.63, 3.8) is 0 Å². The van der Waals surface area contributed by atoms with Crippen molar-refractivity contribution in [1.82, 2.24) is 20.2 Å². The van der Waals surface area contributed by atoms with Gasteiger partial charge in [-0.15, -0.1) is 10.2 Å². The molecule has 5 nitrogen and oxygen atoms in total. The van der Waals surface area contributed by atoms with Gasteiger partial charge in [-0.25, -0.2) is 4.98 Å². The Hall–Kier alpha value is -1.43. The lowest BCUT2D eigenvalue weighted by atomic mass is 9.98. The van der Waals surface area contributed by atoms with Gasteiger partial charge in [-0.2, -0.15) is 0 Å². The standard InChI is InChI=1S/C13H19N5S/c1-9(2)12-16-17-13(19-12)18-7-3-4-10(8-18)11-14-5-6-15-11/h5-6,9-10H,3-4,7-8H2,1-2H3,(H,14,15). The number of anilines is 1. The first-order chi connectivity index (χ1) is 9.24. The Morgan fingerprint density at radius 1 is 1.42 bits per heavy atom. The minimum Gasteiger partial charge on any atom is -0.348 e. The number of hydrogen-bond acceptors (Lipinski definition) is 5. The summed E-state index contributed by atoms with van der Waals surface area (Å²) in [5.74, 6) is 2.03. The molecule has 1 aliphatic rings. The summed E-state index contributed by atoms with van der Waals surface area (Å²) in [4.78, 5) is 9.97. The van der Waals surface area contributed by atoms with E-state index in [0.29, 0.717) is 11.8 Å². The molecule has 0 bridgehead atoms. The SMILES string of the molecule is CC(C)c1nnc(N2CCCC(c3ncc[nH]3)C2)s1. The molecule has 2 aromatic rings. The van der Waals surface area contributed by atoms with Crippen molar-refractivity contribution in [3.05, 3.63) is 23.2 Å². The summed E-state index contributed by atoms with van der Waals surface area (Å²) in [5.41, 5.74) is 0. The summed E-state index contributed by atoms with van der Waals surface area (Å²) in [5, 5.41) is 10.8. The highest BCUT2D eigenvalue weighted by Crippen LogP contribution is 2.31. The van der Waals surface area contributed by atoms with E-state index in [2.05, 4.69) is 38.9 Å². The van der Waals surface area contributed by atoms with E-state index >= 15 is 0 Å². The Balaban J connectivity index is 1.74. The number of rotatable bonds is 3. The molecule has 0 aromatic carbocycles. The van der Waals surface area contributed by atoms with Gasteiger partial charge < -0.3 is 9.88 Å². The maximum absolute atomic E-state index is 4.39. The number of nitrogens with zero attached hydrogens (tertiary/aromatic N) is 4. The van der Waals surface area contributed by atoms with E-state index in [9.17, 15) is 0 Å². The van der Waals surface area contributed by atoms with Crippen LogP contribution in [0.2, 0.25) is 0 Å². The topological polar surface area (TPSA) is 57.7 Å². The first kappa shape index (κ1) is 12.6. The van der Waals surface area contributed by atoms with Gasteiger partial charge in [0.25, 0.3) is 0 Å². The average molecular weight is 277 g/mol. The smallest absolute Gasteiger partial charge is 0.208 e. The predicted molar refractivity (Wildman–Crippen MR) is 76.8 cm³/mol. The van der Waals surface area contributed by atoms with Crippen molar-refractivity contribution >= 4 is 16.5 Å². The van der Waals surface area contributed by atoms with Gasteiger partial charge in [-0.05, 0) is 12.8 Å². The van der Waals surface area contributed by atoms with Crippen LogP contribution in [-0.4, -0.2) is 33.3 Å². The Labute approximate surface area is 117 Å². The van der Waals surface area contributed by atoms with E-state index in [-0.39, 0.29) is 0 Å². The van der Waals surface area contributed by atoms with Crippen LogP contribution < -0.4 is 4.90 Å². The Morgan fingerprint density at radius 2 is 2.32 bits per heavy atom. The first-order valence-corrected chi connectivity index (χ1v) is 7.63. The van der Waals surface area contributed by atoms with Crippen LogP contribution in [0.1, 0.15) is 49.4 Å². The van der Waals surface area contributed by atoms with E-state index < -0.39 is 0 Å². The summed E-state index contributed by atoms with van der Waals surface area (Å²) in [6.07, 6.45) is 6.11. The minimum atomic E-state index is 0.455. The number of H-pyrrole nitrogens is 1. The first-order valence-electron chi connectivity index (χ1n) is 6.81. The van der Waals surface area contributed by atoms with Gasteiger partial charge in [-0.3, -0.25) is 0 Å². The maximum atomic E-state index is 4.39. The van der Waals surface area contributed by atoms with Crippen LogP contribution in [-0.2, 0) is 0 Å². The lowest BCUT2D eigenvalue weighted by molar-refractivity contribution is 0.493. The highest BCUT2D eigenvalue weighted by Gasteiger charge is 2.25. The van der Waals surface area contributed by atoms with Crippen molar-refractivity contribution in [1.29, 1.82) is 0 Å². The van der Waals surface area contributed by atoms with Gasteiger partial charge in [0.1, 0.15) is 10.8 Å². The summed E-state index contributed by atoms with van der Waals surface area (Å²) >= 11 is 1.72. The average Bonchev–Trinajstić information content (AvgIpc) is 3.10. The van der Waals surface area contributed by atoms with Crippen molar-refractivity contribution in [2.75, 3.05) is 18.0 Å². The van der Waals surface area contributed by atoms with Crippen LogP contribution in [0.3, 0.4) is 0 Å². The third kappa shape index (κ3) is 2.63. The van der Waals surface area contributed by atoms with Crippen LogP contribution in [0.5, 0.6) is 0 Å². The van der Waals surface area contributed by atoms with Gasteiger partial charge in [0, 0.05) is 37.3 Å². The molecule has 2 aromatic heterocycles. The second-order valence-electron chi connectivity index (χ2n) is 5.34. The number of nitrogens with one attached hydrogen (secondary N) is 1. The predicted octanol–water partition coefficient (Wildman–Crippen LogP) is 2.77. The molecule has 1 atom stereocenters. The Kier molecular flexibility index (Phi) is 3.50.